The molecule has 1 unspecified atom stereocenters. The molecule has 4 aromatic carbocycles. The number of amides is 2. The van der Waals surface area contributed by atoms with Crippen molar-refractivity contribution in [2.45, 2.75) is 50.7 Å². The second-order valence-corrected chi connectivity index (χ2v) is 12.9. The third-order valence-corrected chi connectivity index (χ3v) is 9.00. The lowest BCUT2D eigenvalue weighted by Gasteiger charge is -2.34. The summed E-state index contributed by atoms with van der Waals surface area (Å²) in [6, 6.07) is 30.6. The van der Waals surface area contributed by atoms with Crippen molar-refractivity contribution < 1.29 is 18.0 Å². The van der Waals surface area contributed by atoms with Gasteiger partial charge in [-0.3, -0.25) is 13.9 Å². The predicted octanol–water partition coefficient (Wildman–Crippen LogP) is 6.01. The number of anilines is 1. The van der Waals surface area contributed by atoms with E-state index in [1.54, 1.807) is 36.4 Å². The number of hydrogen-bond donors (Lipinski definition) is 1. The van der Waals surface area contributed by atoms with Crippen molar-refractivity contribution in [1.29, 1.82) is 0 Å². The number of aryl methyl sites for hydroxylation is 1. The van der Waals surface area contributed by atoms with Gasteiger partial charge in [0.05, 0.1) is 15.6 Å². The maximum atomic E-state index is 14.4. The van der Waals surface area contributed by atoms with Gasteiger partial charge in [0, 0.05) is 19.0 Å². The molecule has 0 aliphatic rings. The Morgan fingerprint density at radius 2 is 1.35 bits per heavy atom. The van der Waals surface area contributed by atoms with E-state index in [9.17, 15) is 18.0 Å². The van der Waals surface area contributed by atoms with Crippen molar-refractivity contribution in [3.05, 3.63) is 131 Å². The largest absolute Gasteiger partial charge is 0.352 e. The summed E-state index contributed by atoms with van der Waals surface area (Å²) in [6.45, 7) is 5.11. The Morgan fingerprint density at radius 3 is 1.93 bits per heavy atom. The first kappa shape index (κ1) is 31.8. The molecule has 0 aliphatic heterocycles. The zero-order chi connectivity index (χ0) is 31.0. The highest BCUT2D eigenvalue weighted by atomic mass is 35.5. The summed E-state index contributed by atoms with van der Waals surface area (Å²) in [5, 5.41) is 3.13. The van der Waals surface area contributed by atoms with Gasteiger partial charge in [-0.05, 0) is 56.2 Å². The summed E-state index contributed by atoms with van der Waals surface area (Å²) in [7, 11) is -4.22. The average Bonchev–Trinajstić information content (AvgIpc) is 2.99. The van der Waals surface area contributed by atoms with Crippen LogP contribution in [0.5, 0.6) is 0 Å². The van der Waals surface area contributed by atoms with Gasteiger partial charge < -0.3 is 10.2 Å². The van der Waals surface area contributed by atoms with Gasteiger partial charge in [-0.25, -0.2) is 8.42 Å². The zero-order valence-corrected chi connectivity index (χ0v) is 26.1. The maximum absolute atomic E-state index is 14.4. The predicted molar refractivity (Wildman–Crippen MR) is 171 cm³/mol. The number of para-hydroxylation sites is 1. The van der Waals surface area contributed by atoms with Crippen LogP contribution >= 0.6 is 11.6 Å². The highest BCUT2D eigenvalue weighted by Crippen LogP contribution is 2.31. The molecule has 2 amide bonds. The van der Waals surface area contributed by atoms with E-state index in [1.165, 1.54) is 17.0 Å². The molecule has 0 saturated carbocycles. The lowest BCUT2D eigenvalue weighted by Crippen LogP contribution is -2.54. The monoisotopic (exact) mass is 617 g/mol. The quantitative estimate of drug-likeness (QED) is 0.211. The van der Waals surface area contributed by atoms with Gasteiger partial charge in [-0.1, -0.05) is 102 Å². The lowest BCUT2D eigenvalue weighted by atomic mass is 10.0. The smallest absolute Gasteiger partial charge is 0.264 e. The van der Waals surface area contributed by atoms with E-state index in [0.29, 0.717) is 0 Å². The number of halogens is 1. The fourth-order valence-electron chi connectivity index (χ4n) is 4.72. The lowest BCUT2D eigenvalue weighted by molar-refractivity contribution is -0.140. The molecule has 0 fully saturated rings. The molecule has 4 aromatic rings. The Kier molecular flexibility index (Phi) is 10.6. The molecule has 4 rings (SSSR count). The Bertz CT molecular complexity index is 1630. The number of nitrogens with zero attached hydrogens (tertiary/aromatic N) is 2. The number of carbonyl (C=O) groups excluding carboxylic acids is 2. The highest BCUT2D eigenvalue weighted by Gasteiger charge is 2.35. The van der Waals surface area contributed by atoms with Crippen LogP contribution in [0.3, 0.4) is 0 Å². The molecule has 7 nitrogen and oxygen atoms in total. The van der Waals surface area contributed by atoms with Gasteiger partial charge in [-0.2, -0.15) is 0 Å². The van der Waals surface area contributed by atoms with Gasteiger partial charge in [0.2, 0.25) is 11.8 Å². The third kappa shape index (κ3) is 8.24. The number of benzene rings is 4. The standard InChI is InChI=1S/C34H36ClN3O4S/c1-25(2)36-34(40)32(22-27-12-6-4-7-13-27)37(23-28-14-8-5-9-15-28)33(39)24-38(31-17-11-10-16-30(31)35)43(41,42)29-20-18-26(3)19-21-29/h4-21,25,32H,22-24H2,1-3H3,(H,36,40). The fraction of sp³-hybridized carbons (Fsp3) is 0.235. The second-order valence-electron chi connectivity index (χ2n) is 10.7. The van der Waals surface area contributed by atoms with Gasteiger partial charge >= 0.3 is 0 Å². The molecule has 0 saturated heterocycles. The van der Waals surface area contributed by atoms with Crippen LogP contribution in [-0.4, -0.2) is 43.8 Å². The average molecular weight is 618 g/mol. The number of hydrogen-bond acceptors (Lipinski definition) is 4. The summed E-state index contributed by atoms with van der Waals surface area (Å²) in [4.78, 5) is 29.6. The topological polar surface area (TPSA) is 86.8 Å². The second kappa shape index (κ2) is 14.4. The molecule has 1 N–H and O–H groups in total. The van der Waals surface area contributed by atoms with E-state index in [4.69, 9.17) is 11.6 Å². The Labute approximate surface area is 259 Å². The first-order valence-electron chi connectivity index (χ1n) is 14.1. The van der Waals surface area contributed by atoms with Crippen LogP contribution in [0.15, 0.2) is 114 Å². The first-order valence-corrected chi connectivity index (χ1v) is 15.9. The molecule has 0 aromatic heterocycles. The molecular formula is C34H36ClN3O4S. The van der Waals surface area contributed by atoms with Crippen molar-refractivity contribution in [1.82, 2.24) is 10.2 Å². The van der Waals surface area contributed by atoms with Gasteiger partial charge in [0.1, 0.15) is 12.6 Å². The van der Waals surface area contributed by atoms with E-state index in [1.807, 2.05) is 81.4 Å². The van der Waals surface area contributed by atoms with Gasteiger partial charge in [0.25, 0.3) is 10.0 Å². The molecule has 0 aliphatic carbocycles. The molecule has 0 radical (unpaired) electrons. The molecule has 1 atom stereocenters. The van der Waals surface area contributed by atoms with Gasteiger partial charge in [0.15, 0.2) is 0 Å². The summed E-state index contributed by atoms with van der Waals surface area (Å²) in [5.74, 6) is -0.867. The van der Waals surface area contributed by atoms with E-state index in [2.05, 4.69) is 5.32 Å². The zero-order valence-electron chi connectivity index (χ0n) is 24.5. The summed E-state index contributed by atoms with van der Waals surface area (Å²) in [5.41, 5.74) is 2.74. The summed E-state index contributed by atoms with van der Waals surface area (Å²) >= 11 is 6.51. The van der Waals surface area contributed by atoms with E-state index in [-0.39, 0.29) is 40.5 Å². The summed E-state index contributed by atoms with van der Waals surface area (Å²) < 4.78 is 29.2. The molecule has 9 heteroatoms. The van der Waals surface area contributed by atoms with Crippen LogP contribution < -0.4 is 9.62 Å². The van der Waals surface area contributed by atoms with Crippen LogP contribution in [0.4, 0.5) is 5.69 Å². The Balaban J connectivity index is 1.80. The number of nitrogens with one attached hydrogen (secondary N) is 1. The maximum Gasteiger partial charge on any atom is 0.264 e. The SMILES string of the molecule is Cc1ccc(S(=O)(=O)N(CC(=O)N(Cc2ccccc2)C(Cc2ccccc2)C(=O)NC(C)C)c2ccccc2Cl)cc1. The molecule has 0 heterocycles. The van der Waals surface area contributed by atoms with Crippen LogP contribution in [0.2, 0.25) is 5.02 Å². The normalized spacial score (nSPS) is 12.0. The van der Waals surface area contributed by atoms with Crippen molar-refractivity contribution >= 4 is 39.1 Å². The van der Waals surface area contributed by atoms with E-state index in [0.717, 1.165) is 21.0 Å². The minimum Gasteiger partial charge on any atom is -0.352 e. The number of rotatable bonds is 12. The fourth-order valence-corrected chi connectivity index (χ4v) is 6.44. The molecule has 0 bridgehead atoms. The molecule has 43 heavy (non-hydrogen) atoms. The number of sulfonamides is 1. The highest BCUT2D eigenvalue weighted by molar-refractivity contribution is 7.92. The van der Waals surface area contributed by atoms with E-state index >= 15 is 0 Å². The Morgan fingerprint density at radius 1 is 0.791 bits per heavy atom. The minimum absolute atomic E-state index is 0.0267. The van der Waals surface area contributed by atoms with Crippen LogP contribution in [0.25, 0.3) is 0 Å². The molecular weight excluding hydrogens is 582 g/mol. The van der Waals surface area contributed by atoms with Crippen molar-refractivity contribution in [2.24, 2.45) is 0 Å². The van der Waals surface area contributed by atoms with Gasteiger partial charge in [-0.15, -0.1) is 0 Å². The van der Waals surface area contributed by atoms with Crippen LogP contribution in [0.1, 0.15) is 30.5 Å². The van der Waals surface area contributed by atoms with Crippen LogP contribution in [0, 0.1) is 6.92 Å². The Hall–Kier alpha value is -4.14. The third-order valence-electron chi connectivity index (χ3n) is 6.91. The van der Waals surface area contributed by atoms with Crippen molar-refractivity contribution in [2.75, 3.05) is 10.8 Å². The van der Waals surface area contributed by atoms with Crippen LogP contribution in [-0.2, 0) is 32.6 Å². The van der Waals surface area contributed by atoms with E-state index < -0.39 is 28.5 Å². The van der Waals surface area contributed by atoms with Crippen molar-refractivity contribution in [3.8, 4) is 0 Å². The summed E-state index contributed by atoms with van der Waals surface area (Å²) in [6.07, 6.45) is 0.245. The van der Waals surface area contributed by atoms with Crippen molar-refractivity contribution in [3.63, 3.8) is 0 Å². The molecule has 0 spiro atoms. The number of carbonyl (C=O) groups is 2. The first-order chi connectivity index (χ1) is 20.6. The minimum atomic E-state index is -4.22. The molecule has 224 valence electrons.